The first-order valence-corrected chi connectivity index (χ1v) is 7.88. The second kappa shape index (κ2) is 12.1. The Hall–Kier alpha value is -0.920. The third kappa shape index (κ3) is 17.1. The first-order valence-electron chi connectivity index (χ1n) is 6.27. The second-order valence-electron chi connectivity index (χ2n) is 3.68. The molecule has 0 aromatic rings. The number of carbonyl (C=O) groups excluding carboxylic acids is 1. The van der Waals surface area contributed by atoms with E-state index in [0.29, 0.717) is 13.0 Å². The topological polar surface area (TPSA) is 83.9 Å². The van der Waals surface area contributed by atoms with Crippen LogP contribution in [0.3, 0.4) is 0 Å². The number of hydrogen-bond acceptors (Lipinski definition) is 5. The summed E-state index contributed by atoms with van der Waals surface area (Å²) in [4.78, 5) is 12.8. The highest BCUT2D eigenvalue weighted by molar-refractivity contribution is 7.85. The Bertz CT molecular complexity index is 336. The van der Waals surface area contributed by atoms with E-state index in [1.165, 1.54) is 6.08 Å². The molecule has 0 aromatic heterocycles. The highest BCUT2D eigenvalue weighted by Crippen LogP contribution is 1.87. The number of nitrogens with zero attached hydrogens (tertiary/aromatic N) is 1. The van der Waals surface area contributed by atoms with Gasteiger partial charge in [-0.15, -0.1) is 0 Å². The van der Waals surface area contributed by atoms with E-state index >= 15 is 0 Å². The van der Waals surface area contributed by atoms with Gasteiger partial charge in [-0.3, -0.25) is 4.55 Å². The van der Waals surface area contributed by atoms with Crippen molar-refractivity contribution in [2.75, 3.05) is 32.0 Å². The van der Waals surface area contributed by atoms with Crippen molar-refractivity contribution in [2.45, 2.75) is 27.2 Å². The molecule has 0 unspecified atom stereocenters. The predicted molar refractivity (Wildman–Crippen MR) is 75.7 cm³/mol. The summed E-state index contributed by atoms with van der Waals surface area (Å²) >= 11 is 0. The van der Waals surface area contributed by atoms with Gasteiger partial charge in [0.05, 0.1) is 5.75 Å². The fourth-order valence-corrected chi connectivity index (χ4v) is 1.65. The summed E-state index contributed by atoms with van der Waals surface area (Å²) in [7, 11) is -3.67. The standard InChI is InChI=1S/C9H17NO2.C3H8O3S/c1-4-9(11)12-8-7-10(5-2)6-3;1-2-3-7(4,5)6/h4H,1,5-8H2,2-3H3;2-3H2,1H3,(H,4,5,6). The zero-order valence-corrected chi connectivity index (χ0v) is 12.8. The average molecular weight is 295 g/mol. The molecule has 7 heteroatoms. The summed E-state index contributed by atoms with van der Waals surface area (Å²) < 4.78 is 32.4. The molecule has 0 aliphatic rings. The van der Waals surface area contributed by atoms with Crippen LogP contribution in [0, 0.1) is 0 Å². The predicted octanol–water partition coefficient (Wildman–Crippen LogP) is 1.34. The Labute approximate surface area is 116 Å². The highest BCUT2D eigenvalue weighted by atomic mass is 32.2. The van der Waals surface area contributed by atoms with Gasteiger partial charge in [0.2, 0.25) is 0 Å². The number of rotatable bonds is 8. The van der Waals surface area contributed by atoms with Crippen molar-refractivity contribution >= 4 is 16.1 Å². The van der Waals surface area contributed by atoms with E-state index in [0.717, 1.165) is 19.6 Å². The molecule has 0 aliphatic carbocycles. The fraction of sp³-hybridized carbons (Fsp3) is 0.750. The van der Waals surface area contributed by atoms with Gasteiger partial charge >= 0.3 is 5.97 Å². The Kier molecular flexibility index (Phi) is 13.0. The molecule has 0 fully saturated rings. The minimum Gasteiger partial charge on any atom is -0.461 e. The van der Waals surface area contributed by atoms with Crippen LogP contribution in [0.15, 0.2) is 12.7 Å². The molecule has 0 atom stereocenters. The monoisotopic (exact) mass is 295 g/mol. The molecule has 114 valence electrons. The molecule has 0 bridgehead atoms. The zero-order valence-electron chi connectivity index (χ0n) is 12.0. The maximum atomic E-state index is 10.6. The van der Waals surface area contributed by atoms with Crippen molar-refractivity contribution < 1.29 is 22.5 Å². The quantitative estimate of drug-likeness (QED) is 0.413. The third-order valence-electron chi connectivity index (χ3n) is 2.18. The van der Waals surface area contributed by atoms with Gasteiger partial charge in [-0.25, -0.2) is 4.79 Å². The van der Waals surface area contributed by atoms with Crippen molar-refractivity contribution in [3.63, 3.8) is 0 Å². The Morgan fingerprint density at radius 2 is 1.84 bits per heavy atom. The minimum absolute atomic E-state index is 0.132. The molecule has 0 aliphatic heterocycles. The minimum atomic E-state index is -3.67. The number of carbonyl (C=O) groups is 1. The lowest BCUT2D eigenvalue weighted by molar-refractivity contribution is -0.138. The SMILES string of the molecule is C=CC(=O)OCCN(CC)CC.CCCS(=O)(=O)O. The molecule has 0 spiro atoms. The first kappa shape index (κ1) is 20.4. The van der Waals surface area contributed by atoms with Crippen LogP contribution in [0.5, 0.6) is 0 Å². The summed E-state index contributed by atoms with van der Waals surface area (Å²) in [6.07, 6.45) is 1.65. The van der Waals surface area contributed by atoms with E-state index in [-0.39, 0.29) is 11.7 Å². The lowest BCUT2D eigenvalue weighted by atomic mass is 10.5. The molecule has 0 saturated heterocycles. The summed E-state index contributed by atoms with van der Waals surface area (Å²) in [6, 6.07) is 0. The molecule has 0 radical (unpaired) electrons. The highest BCUT2D eigenvalue weighted by Gasteiger charge is 2.00. The molecule has 19 heavy (non-hydrogen) atoms. The Morgan fingerprint density at radius 3 is 2.11 bits per heavy atom. The van der Waals surface area contributed by atoms with Gasteiger partial charge in [-0.05, 0) is 19.5 Å². The van der Waals surface area contributed by atoms with E-state index in [4.69, 9.17) is 9.29 Å². The maximum absolute atomic E-state index is 10.6. The van der Waals surface area contributed by atoms with Gasteiger partial charge in [0.15, 0.2) is 0 Å². The van der Waals surface area contributed by atoms with Gasteiger partial charge in [0, 0.05) is 12.6 Å². The van der Waals surface area contributed by atoms with Crippen LogP contribution in [0.25, 0.3) is 0 Å². The van der Waals surface area contributed by atoms with Crippen LogP contribution in [0.4, 0.5) is 0 Å². The Balaban J connectivity index is 0. The number of likely N-dealkylation sites (N-methyl/N-ethyl adjacent to an activating group) is 1. The van der Waals surface area contributed by atoms with Gasteiger partial charge in [-0.1, -0.05) is 27.4 Å². The van der Waals surface area contributed by atoms with Crippen LogP contribution in [-0.4, -0.2) is 55.8 Å². The molecule has 6 nitrogen and oxygen atoms in total. The molecule has 0 heterocycles. The van der Waals surface area contributed by atoms with Gasteiger partial charge in [-0.2, -0.15) is 8.42 Å². The van der Waals surface area contributed by atoms with Crippen molar-refractivity contribution in [3.8, 4) is 0 Å². The average Bonchev–Trinajstić information content (AvgIpc) is 2.33. The molecular weight excluding hydrogens is 270 g/mol. The van der Waals surface area contributed by atoms with Crippen molar-refractivity contribution in [1.82, 2.24) is 4.90 Å². The van der Waals surface area contributed by atoms with Gasteiger partial charge < -0.3 is 9.64 Å². The number of esters is 1. The largest absolute Gasteiger partial charge is 0.461 e. The number of ether oxygens (including phenoxy) is 1. The summed E-state index contributed by atoms with van der Waals surface area (Å²) in [5, 5.41) is 0. The van der Waals surface area contributed by atoms with Crippen molar-refractivity contribution in [3.05, 3.63) is 12.7 Å². The summed E-state index contributed by atoms with van der Waals surface area (Å²) in [6.45, 7) is 12.4. The van der Waals surface area contributed by atoms with E-state index in [9.17, 15) is 13.2 Å². The molecule has 0 saturated carbocycles. The van der Waals surface area contributed by atoms with E-state index < -0.39 is 10.1 Å². The van der Waals surface area contributed by atoms with E-state index in [1.807, 2.05) is 0 Å². The van der Waals surface area contributed by atoms with Crippen LogP contribution in [0.1, 0.15) is 27.2 Å². The molecule has 1 N–H and O–H groups in total. The second-order valence-corrected chi connectivity index (χ2v) is 5.26. The van der Waals surface area contributed by atoms with Crippen LogP contribution >= 0.6 is 0 Å². The lowest BCUT2D eigenvalue weighted by Crippen LogP contribution is -2.27. The van der Waals surface area contributed by atoms with E-state index in [2.05, 4.69) is 25.3 Å². The fourth-order valence-electron chi connectivity index (χ4n) is 1.13. The lowest BCUT2D eigenvalue weighted by Gasteiger charge is -2.16. The first-order chi connectivity index (χ1) is 8.80. The summed E-state index contributed by atoms with van der Waals surface area (Å²) in [5.41, 5.74) is 0. The maximum Gasteiger partial charge on any atom is 0.330 e. The molecular formula is C12H25NO5S. The molecule has 0 aromatic carbocycles. The zero-order chi connectivity index (χ0) is 15.3. The van der Waals surface area contributed by atoms with Crippen molar-refractivity contribution in [2.24, 2.45) is 0 Å². The van der Waals surface area contributed by atoms with E-state index in [1.54, 1.807) is 6.92 Å². The molecule has 0 rings (SSSR count). The van der Waals surface area contributed by atoms with Crippen LogP contribution < -0.4 is 0 Å². The van der Waals surface area contributed by atoms with Crippen LogP contribution in [0.2, 0.25) is 0 Å². The number of hydrogen-bond donors (Lipinski definition) is 1. The smallest absolute Gasteiger partial charge is 0.330 e. The van der Waals surface area contributed by atoms with Crippen molar-refractivity contribution in [1.29, 1.82) is 0 Å². The normalized spacial score (nSPS) is 10.6. The summed E-state index contributed by atoms with van der Waals surface area (Å²) in [5.74, 6) is -0.477. The van der Waals surface area contributed by atoms with Crippen LogP contribution in [-0.2, 0) is 19.6 Å². The van der Waals surface area contributed by atoms with Gasteiger partial charge in [0.1, 0.15) is 6.61 Å². The molecule has 0 amide bonds. The van der Waals surface area contributed by atoms with Gasteiger partial charge in [0.25, 0.3) is 10.1 Å². The third-order valence-corrected chi connectivity index (χ3v) is 3.10. The Morgan fingerprint density at radius 1 is 1.32 bits per heavy atom.